The third kappa shape index (κ3) is 4.10. The van der Waals surface area contributed by atoms with Crippen LogP contribution in [0, 0.1) is 0 Å². The van der Waals surface area contributed by atoms with Crippen LogP contribution in [0.4, 0.5) is 5.00 Å². The molecular formula is C12H11N3O4S2. The molecule has 0 atom stereocenters. The van der Waals surface area contributed by atoms with Crippen molar-refractivity contribution >= 4 is 45.5 Å². The Labute approximate surface area is 127 Å². The molecule has 7 nitrogen and oxygen atoms in total. The molecule has 0 aromatic carbocycles. The fourth-order valence-corrected chi connectivity index (χ4v) is 3.01. The first kappa shape index (κ1) is 15.1. The Hall–Kier alpha value is -2.26. The summed E-state index contributed by atoms with van der Waals surface area (Å²) in [5.74, 6) is -1.60. The molecule has 0 saturated heterocycles. The van der Waals surface area contributed by atoms with Crippen LogP contribution in [-0.4, -0.2) is 27.9 Å². The molecule has 0 saturated carbocycles. The molecular weight excluding hydrogens is 314 g/mol. The van der Waals surface area contributed by atoms with Gasteiger partial charge < -0.3 is 15.7 Å². The highest BCUT2D eigenvalue weighted by molar-refractivity contribution is 7.18. The second-order valence-corrected chi connectivity index (χ2v) is 5.99. The summed E-state index contributed by atoms with van der Waals surface area (Å²) in [6.45, 7) is 1.55. The van der Waals surface area contributed by atoms with E-state index < -0.39 is 5.97 Å². The van der Waals surface area contributed by atoms with E-state index in [-0.39, 0.29) is 24.1 Å². The normalized spacial score (nSPS) is 10.1. The fourth-order valence-electron chi connectivity index (χ4n) is 1.43. The summed E-state index contributed by atoms with van der Waals surface area (Å²) in [4.78, 5) is 37.8. The first-order chi connectivity index (χ1) is 9.95. The molecule has 0 bridgehead atoms. The first-order valence-corrected chi connectivity index (χ1v) is 7.48. The van der Waals surface area contributed by atoms with E-state index in [0.717, 1.165) is 11.3 Å². The number of amides is 2. The van der Waals surface area contributed by atoms with E-state index in [1.165, 1.54) is 23.6 Å². The van der Waals surface area contributed by atoms with Crippen molar-refractivity contribution in [1.82, 2.24) is 10.3 Å². The lowest BCUT2D eigenvalue weighted by Gasteiger charge is -2.00. The first-order valence-electron chi connectivity index (χ1n) is 5.79. The van der Waals surface area contributed by atoms with Gasteiger partial charge in [-0.2, -0.15) is 0 Å². The van der Waals surface area contributed by atoms with Gasteiger partial charge in [-0.25, -0.2) is 9.78 Å². The van der Waals surface area contributed by atoms with Gasteiger partial charge >= 0.3 is 5.97 Å². The lowest BCUT2D eigenvalue weighted by molar-refractivity contribution is -0.114. The summed E-state index contributed by atoms with van der Waals surface area (Å²) < 4.78 is 0. The van der Waals surface area contributed by atoms with Crippen molar-refractivity contribution in [2.24, 2.45) is 0 Å². The number of aromatic nitrogens is 1. The number of rotatable bonds is 5. The Bertz CT molecular complexity index is 692. The molecule has 0 aliphatic heterocycles. The minimum atomic E-state index is -1.10. The summed E-state index contributed by atoms with van der Waals surface area (Å²) in [6.07, 6.45) is 0. The number of carbonyl (C=O) groups is 3. The molecule has 21 heavy (non-hydrogen) atoms. The van der Waals surface area contributed by atoms with Gasteiger partial charge in [-0.1, -0.05) is 0 Å². The summed E-state index contributed by atoms with van der Waals surface area (Å²) in [5, 5.41) is 16.5. The lowest BCUT2D eigenvalue weighted by atomic mass is 10.4. The number of thiophene rings is 1. The van der Waals surface area contributed by atoms with Crippen LogP contribution in [0.2, 0.25) is 0 Å². The molecule has 0 fully saturated rings. The third-order valence-electron chi connectivity index (χ3n) is 2.30. The summed E-state index contributed by atoms with van der Waals surface area (Å²) >= 11 is 2.33. The molecule has 9 heteroatoms. The molecule has 0 aliphatic carbocycles. The molecule has 0 aliphatic rings. The smallest absolute Gasteiger partial charge is 0.355 e. The zero-order valence-electron chi connectivity index (χ0n) is 10.9. The van der Waals surface area contributed by atoms with Crippen molar-refractivity contribution in [2.45, 2.75) is 13.5 Å². The van der Waals surface area contributed by atoms with E-state index in [9.17, 15) is 14.4 Å². The molecule has 3 N–H and O–H groups in total. The average Bonchev–Trinajstić information content (AvgIpc) is 3.04. The Morgan fingerprint density at radius 3 is 2.71 bits per heavy atom. The van der Waals surface area contributed by atoms with Crippen LogP contribution in [-0.2, 0) is 11.3 Å². The molecule has 2 aromatic rings. The van der Waals surface area contributed by atoms with Crippen molar-refractivity contribution in [3.8, 4) is 0 Å². The van der Waals surface area contributed by atoms with Gasteiger partial charge in [0.05, 0.1) is 16.4 Å². The number of carboxylic acid groups (broad SMARTS) is 1. The van der Waals surface area contributed by atoms with Crippen LogP contribution < -0.4 is 10.6 Å². The minimum Gasteiger partial charge on any atom is -0.476 e. The summed E-state index contributed by atoms with van der Waals surface area (Å²) in [6, 6.07) is 3.25. The zero-order chi connectivity index (χ0) is 15.4. The van der Waals surface area contributed by atoms with Crippen molar-refractivity contribution in [3.63, 3.8) is 0 Å². The second kappa shape index (κ2) is 6.46. The molecule has 2 rings (SSSR count). The van der Waals surface area contributed by atoms with Crippen LogP contribution in [0.15, 0.2) is 17.5 Å². The van der Waals surface area contributed by atoms with Gasteiger partial charge in [0, 0.05) is 12.3 Å². The van der Waals surface area contributed by atoms with Crippen molar-refractivity contribution in [2.75, 3.05) is 5.32 Å². The van der Waals surface area contributed by atoms with E-state index in [1.807, 2.05) is 0 Å². The quantitative estimate of drug-likeness (QED) is 0.776. The van der Waals surface area contributed by atoms with Gasteiger partial charge in [0.25, 0.3) is 5.91 Å². The number of nitrogens with zero attached hydrogens (tertiary/aromatic N) is 1. The number of thiazole rings is 1. The highest BCUT2D eigenvalue weighted by atomic mass is 32.1. The maximum absolute atomic E-state index is 11.9. The average molecular weight is 325 g/mol. The monoisotopic (exact) mass is 325 g/mol. The van der Waals surface area contributed by atoms with Crippen LogP contribution in [0.1, 0.15) is 32.1 Å². The Morgan fingerprint density at radius 1 is 1.33 bits per heavy atom. The summed E-state index contributed by atoms with van der Waals surface area (Å²) in [7, 11) is 0. The van der Waals surface area contributed by atoms with E-state index in [0.29, 0.717) is 14.9 Å². The predicted octanol–water partition coefficient (Wildman–Crippen LogP) is 1.79. The zero-order valence-corrected chi connectivity index (χ0v) is 12.5. The molecule has 2 heterocycles. The second-order valence-electron chi connectivity index (χ2n) is 3.96. The van der Waals surface area contributed by atoms with Gasteiger partial charge in [-0.15, -0.1) is 22.7 Å². The van der Waals surface area contributed by atoms with Gasteiger partial charge in [0.15, 0.2) is 5.69 Å². The predicted molar refractivity (Wildman–Crippen MR) is 78.9 cm³/mol. The molecule has 0 radical (unpaired) electrons. The van der Waals surface area contributed by atoms with Crippen LogP contribution >= 0.6 is 22.7 Å². The molecule has 0 unspecified atom stereocenters. The highest BCUT2D eigenvalue weighted by Crippen LogP contribution is 2.21. The standard InChI is InChI=1S/C12H11N3O4S2/c1-6(16)14-9-3-2-8(21-9)11(17)13-4-10-15-7(5-20-10)12(18)19/h2-3,5H,4H2,1H3,(H,13,17)(H,14,16)(H,18,19). The SMILES string of the molecule is CC(=O)Nc1ccc(C(=O)NCc2nc(C(=O)O)cs2)s1. The Morgan fingerprint density at radius 2 is 2.10 bits per heavy atom. The molecule has 2 amide bonds. The van der Waals surface area contributed by atoms with Gasteiger partial charge in [0.2, 0.25) is 5.91 Å². The third-order valence-corrected chi connectivity index (χ3v) is 4.15. The van der Waals surface area contributed by atoms with Crippen LogP contribution in [0.25, 0.3) is 0 Å². The van der Waals surface area contributed by atoms with Crippen molar-refractivity contribution in [1.29, 1.82) is 0 Å². The fraction of sp³-hybridized carbons (Fsp3) is 0.167. The van der Waals surface area contributed by atoms with Gasteiger partial charge in [-0.05, 0) is 12.1 Å². The maximum atomic E-state index is 11.9. The largest absolute Gasteiger partial charge is 0.476 e. The number of hydrogen-bond donors (Lipinski definition) is 3. The van der Waals surface area contributed by atoms with Crippen molar-refractivity contribution < 1.29 is 19.5 Å². The summed E-state index contributed by atoms with van der Waals surface area (Å²) in [5.41, 5.74) is -0.0340. The van der Waals surface area contributed by atoms with E-state index in [4.69, 9.17) is 5.11 Å². The number of carbonyl (C=O) groups excluding carboxylic acids is 2. The maximum Gasteiger partial charge on any atom is 0.355 e. The Kier molecular flexibility index (Phi) is 4.66. The number of anilines is 1. The van der Waals surface area contributed by atoms with Crippen LogP contribution in [0.3, 0.4) is 0 Å². The van der Waals surface area contributed by atoms with Gasteiger partial charge in [0.1, 0.15) is 5.01 Å². The molecule has 110 valence electrons. The van der Waals surface area contributed by atoms with Crippen molar-refractivity contribution in [3.05, 3.63) is 33.1 Å². The number of aromatic carboxylic acids is 1. The number of nitrogens with one attached hydrogen (secondary N) is 2. The van der Waals surface area contributed by atoms with Crippen LogP contribution in [0.5, 0.6) is 0 Å². The number of hydrogen-bond acceptors (Lipinski definition) is 6. The highest BCUT2D eigenvalue weighted by Gasteiger charge is 2.12. The number of carboxylic acids is 1. The minimum absolute atomic E-state index is 0.0340. The Balaban J connectivity index is 1.93. The van der Waals surface area contributed by atoms with Gasteiger partial charge in [-0.3, -0.25) is 9.59 Å². The molecule has 0 spiro atoms. The molecule has 2 aromatic heterocycles. The van der Waals surface area contributed by atoms with E-state index in [1.54, 1.807) is 12.1 Å². The van der Waals surface area contributed by atoms with E-state index >= 15 is 0 Å². The topological polar surface area (TPSA) is 108 Å². The lowest BCUT2D eigenvalue weighted by Crippen LogP contribution is -2.21. The van der Waals surface area contributed by atoms with E-state index in [2.05, 4.69) is 15.6 Å².